The van der Waals surface area contributed by atoms with Gasteiger partial charge in [0.2, 0.25) is 0 Å². The summed E-state index contributed by atoms with van der Waals surface area (Å²) in [6, 6.07) is 17.5. The zero-order chi connectivity index (χ0) is 18.8. The molecular weight excluding hydrogens is 338 g/mol. The number of amides is 1. The SMILES string of the molecule is C=CCNC(=O)c1cc2c([nH]c3ccccc32)c(-c2ccc(OC)cc2)n1. The summed E-state index contributed by atoms with van der Waals surface area (Å²) in [5.41, 5.74) is 3.93. The first-order valence-electron chi connectivity index (χ1n) is 8.66. The second kappa shape index (κ2) is 6.96. The molecule has 0 saturated carbocycles. The van der Waals surface area contributed by atoms with Gasteiger partial charge in [-0.1, -0.05) is 24.3 Å². The van der Waals surface area contributed by atoms with Crippen molar-refractivity contribution in [3.63, 3.8) is 0 Å². The summed E-state index contributed by atoms with van der Waals surface area (Å²) in [5.74, 6) is 0.545. The standard InChI is InChI=1S/C22H19N3O2/c1-3-12-23-22(26)19-13-17-16-6-4-5-7-18(16)24-21(17)20(25-19)14-8-10-15(27-2)11-9-14/h3-11,13,24H,1,12H2,2H3,(H,23,26). The van der Waals surface area contributed by atoms with Crippen molar-refractivity contribution < 1.29 is 9.53 Å². The van der Waals surface area contributed by atoms with E-state index in [-0.39, 0.29) is 5.91 Å². The zero-order valence-corrected chi connectivity index (χ0v) is 15.0. The van der Waals surface area contributed by atoms with Crippen LogP contribution in [0.1, 0.15) is 10.5 Å². The molecule has 5 heteroatoms. The van der Waals surface area contributed by atoms with Crippen LogP contribution in [0.5, 0.6) is 5.75 Å². The molecular formula is C22H19N3O2. The predicted molar refractivity (Wildman–Crippen MR) is 108 cm³/mol. The average molecular weight is 357 g/mol. The fraction of sp³-hybridized carbons (Fsp3) is 0.0909. The summed E-state index contributed by atoms with van der Waals surface area (Å²) in [6.45, 7) is 4.03. The topological polar surface area (TPSA) is 67.0 Å². The maximum atomic E-state index is 12.5. The van der Waals surface area contributed by atoms with E-state index in [0.717, 1.165) is 38.8 Å². The maximum Gasteiger partial charge on any atom is 0.270 e. The lowest BCUT2D eigenvalue weighted by molar-refractivity contribution is 0.0953. The van der Waals surface area contributed by atoms with Gasteiger partial charge in [-0.15, -0.1) is 6.58 Å². The molecule has 2 heterocycles. The van der Waals surface area contributed by atoms with Crippen molar-refractivity contribution in [1.29, 1.82) is 0 Å². The Morgan fingerprint density at radius 2 is 1.96 bits per heavy atom. The third-order valence-electron chi connectivity index (χ3n) is 4.50. The molecule has 2 aromatic carbocycles. The largest absolute Gasteiger partial charge is 0.497 e. The summed E-state index contributed by atoms with van der Waals surface area (Å²) in [5, 5.41) is 4.83. The van der Waals surface area contributed by atoms with E-state index in [2.05, 4.69) is 21.9 Å². The first kappa shape index (κ1) is 16.8. The molecule has 0 bridgehead atoms. The van der Waals surface area contributed by atoms with Gasteiger partial charge in [0.05, 0.1) is 18.3 Å². The van der Waals surface area contributed by atoms with Crippen molar-refractivity contribution in [3.05, 3.63) is 72.9 Å². The third-order valence-corrected chi connectivity index (χ3v) is 4.50. The van der Waals surface area contributed by atoms with Crippen molar-refractivity contribution in [2.75, 3.05) is 13.7 Å². The molecule has 1 amide bonds. The van der Waals surface area contributed by atoms with Crippen molar-refractivity contribution >= 4 is 27.7 Å². The Balaban J connectivity index is 1.96. The lowest BCUT2D eigenvalue weighted by Crippen LogP contribution is -2.24. The van der Waals surface area contributed by atoms with E-state index in [1.807, 2.05) is 54.6 Å². The number of carbonyl (C=O) groups is 1. The number of fused-ring (bicyclic) bond motifs is 3. The first-order chi connectivity index (χ1) is 13.2. The monoisotopic (exact) mass is 357 g/mol. The highest BCUT2D eigenvalue weighted by atomic mass is 16.5. The quantitative estimate of drug-likeness (QED) is 0.523. The van der Waals surface area contributed by atoms with Gasteiger partial charge in [0.15, 0.2) is 0 Å². The molecule has 0 radical (unpaired) electrons. The molecule has 0 unspecified atom stereocenters. The molecule has 4 rings (SSSR count). The minimum atomic E-state index is -0.225. The van der Waals surface area contributed by atoms with Gasteiger partial charge >= 0.3 is 0 Å². The number of hydrogen-bond acceptors (Lipinski definition) is 3. The van der Waals surface area contributed by atoms with Crippen molar-refractivity contribution in [3.8, 4) is 17.0 Å². The smallest absolute Gasteiger partial charge is 0.270 e. The summed E-state index contributed by atoms with van der Waals surface area (Å²) in [4.78, 5) is 20.6. The minimum absolute atomic E-state index is 0.225. The number of aromatic nitrogens is 2. The Bertz CT molecular complexity index is 1140. The summed E-state index contributed by atoms with van der Waals surface area (Å²) in [6.07, 6.45) is 1.65. The molecule has 5 nitrogen and oxygen atoms in total. The number of nitrogens with zero attached hydrogens (tertiary/aromatic N) is 1. The van der Waals surface area contributed by atoms with Crippen LogP contribution in [-0.2, 0) is 0 Å². The Morgan fingerprint density at radius 1 is 1.19 bits per heavy atom. The Kier molecular flexibility index (Phi) is 4.34. The summed E-state index contributed by atoms with van der Waals surface area (Å²) < 4.78 is 5.25. The van der Waals surface area contributed by atoms with Gasteiger partial charge in [0, 0.05) is 28.4 Å². The normalized spacial score (nSPS) is 10.9. The van der Waals surface area contributed by atoms with E-state index >= 15 is 0 Å². The van der Waals surface area contributed by atoms with Crippen molar-refractivity contribution in [2.24, 2.45) is 0 Å². The Hall–Kier alpha value is -3.60. The second-order valence-electron chi connectivity index (χ2n) is 6.18. The van der Waals surface area contributed by atoms with Crippen LogP contribution >= 0.6 is 0 Å². The van der Waals surface area contributed by atoms with Gasteiger partial charge in [0.25, 0.3) is 5.91 Å². The summed E-state index contributed by atoms with van der Waals surface area (Å²) >= 11 is 0. The van der Waals surface area contributed by atoms with Crippen LogP contribution in [0, 0.1) is 0 Å². The molecule has 0 saturated heterocycles. The third kappa shape index (κ3) is 3.04. The number of carbonyl (C=O) groups excluding carboxylic acids is 1. The minimum Gasteiger partial charge on any atom is -0.497 e. The van der Waals surface area contributed by atoms with Crippen LogP contribution < -0.4 is 10.1 Å². The molecule has 0 spiro atoms. The average Bonchev–Trinajstić information content (AvgIpc) is 3.10. The molecule has 2 aromatic heterocycles. The molecule has 134 valence electrons. The van der Waals surface area contributed by atoms with Gasteiger partial charge in [-0.3, -0.25) is 4.79 Å². The molecule has 0 aliphatic heterocycles. The molecule has 0 fully saturated rings. The molecule has 27 heavy (non-hydrogen) atoms. The molecule has 0 aliphatic rings. The number of hydrogen-bond donors (Lipinski definition) is 2. The Labute approximate surface area is 156 Å². The number of benzene rings is 2. The van der Waals surface area contributed by atoms with Gasteiger partial charge in [0.1, 0.15) is 11.4 Å². The van der Waals surface area contributed by atoms with E-state index in [1.165, 1.54) is 0 Å². The fourth-order valence-electron chi connectivity index (χ4n) is 3.18. The lowest BCUT2D eigenvalue weighted by atomic mass is 10.1. The Morgan fingerprint density at radius 3 is 2.70 bits per heavy atom. The van der Waals surface area contributed by atoms with E-state index in [9.17, 15) is 4.79 Å². The van der Waals surface area contributed by atoms with Crippen LogP contribution in [0.15, 0.2) is 67.3 Å². The zero-order valence-electron chi connectivity index (χ0n) is 15.0. The predicted octanol–water partition coefficient (Wildman–Crippen LogP) is 4.31. The van der Waals surface area contributed by atoms with E-state index < -0.39 is 0 Å². The molecule has 4 aromatic rings. The van der Waals surface area contributed by atoms with Crippen LogP contribution in [0.3, 0.4) is 0 Å². The highest BCUT2D eigenvalue weighted by Gasteiger charge is 2.16. The number of nitrogens with one attached hydrogen (secondary N) is 2. The van der Waals surface area contributed by atoms with Crippen LogP contribution in [0.4, 0.5) is 0 Å². The van der Waals surface area contributed by atoms with Crippen LogP contribution in [-0.4, -0.2) is 29.5 Å². The van der Waals surface area contributed by atoms with E-state index in [0.29, 0.717) is 12.2 Å². The first-order valence-corrected chi connectivity index (χ1v) is 8.66. The number of rotatable bonds is 5. The number of ether oxygens (including phenoxy) is 1. The van der Waals surface area contributed by atoms with Crippen molar-refractivity contribution in [1.82, 2.24) is 15.3 Å². The summed E-state index contributed by atoms with van der Waals surface area (Å²) in [7, 11) is 1.63. The number of aromatic amines is 1. The highest BCUT2D eigenvalue weighted by Crippen LogP contribution is 2.33. The van der Waals surface area contributed by atoms with Crippen LogP contribution in [0.2, 0.25) is 0 Å². The van der Waals surface area contributed by atoms with Gasteiger partial charge in [-0.25, -0.2) is 4.98 Å². The highest BCUT2D eigenvalue weighted by molar-refractivity contribution is 6.13. The molecule has 2 N–H and O–H groups in total. The number of para-hydroxylation sites is 1. The fourth-order valence-corrected chi connectivity index (χ4v) is 3.18. The number of methoxy groups -OCH3 is 1. The van der Waals surface area contributed by atoms with E-state index in [4.69, 9.17) is 4.74 Å². The number of pyridine rings is 1. The lowest BCUT2D eigenvalue weighted by Gasteiger charge is -2.08. The maximum absolute atomic E-state index is 12.5. The second-order valence-corrected chi connectivity index (χ2v) is 6.18. The van der Waals surface area contributed by atoms with Crippen molar-refractivity contribution in [2.45, 2.75) is 0 Å². The molecule has 0 aliphatic carbocycles. The van der Waals surface area contributed by atoms with Crippen LogP contribution in [0.25, 0.3) is 33.1 Å². The van der Waals surface area contributed by atoms with E-state index in [1.54, 1.807) is 13.2 Å². The number of H-pyrrole nitrogens is 1. The van der Waals surface area contributed by atoms with Gasteiger partial charge < -0.3 is 15.0 Å². The molecule has 0 atom stereocenters. The van der Waals surface area contributed by atoms with Gasteiger partial charge in [-0.05, 0) is 36.4 Å². The van der Waals surface area contributed by atoms with Gasteiger partial charge in [-0.2, -0.15) is 0 Å².